The Labute approximate surface area is 113 Å². The number of carbonyl (C=O) groups is 1. The summed E-state index contributed by atoms with van der Waals surface area (Å²) < 4.78 is 0. The summed E-state index contributed by atoms with van der Waals surface area (Å²) in [5.74, 6) is 1.60. The van der Waals surface area contributed by atoms with Gasteiger partial charge in [-0.3, -0.25) is 4.79 Å². The molecule has 1 amide bonds. The van der Waals surface area contributed by atoms with Crippen LogP contribution >= 0.6 is 0 Å². The lowest BCUT2D eigenvalue weighted by atomic mass is 9.78. The average Bonchev–Trinajstić information content (AvgIpc) is 2.84. The lowest BCUT2D eigenvalue weighted by Gasteiger charge is -2.29. The number of anilines is 1. The van der Waals surface area contributed by atoms with E-state index >= 15 is 0 Å². The lowest BCUT2D eigenvalue weighted by Crippen LogP contribution is -2.38. The first-order valence-electron chi connectivity index (χ1n) is 6.92. The average molecular weight is 260 g/mol. The van der Waals surface area contributed by atoms with Gasteiger partial charge in [-0.05, 0) is 36.8 Å². The van der Waals surface area contributed by atoms with Gasteiger partial charge in [0, 0.05) is 19.1 Å². The minimum atomic E-state index is -0.477. The maximum Gasteiger partial charge on any atom is 0.267 e. The zero-order valence-corrected chi connectivity index (χ0v) is 11.0. The molecule has 3 unspecified atom stereocenters. The van der Waals surface area contributed by atoms with Crippen molar-refractivity contribution >= 4 is 11.7 Å². The number of pyridine rings is 1. The zero-order chi connectivity index (χ0) is 13.4. The third-order valence-corrected chi connectivity index (χ3v) is 4.46. The van der Waals surface area contributed by atoms with Gasteiger partial charge >= 0.3 is 0 Å². The normalized spacial score (nSPS) is 30.2. The molecule has 1 aromatic heterocycles. The standard InChI is InChI=1S/C14H20N4O/c15-11-4-1-3-9-7-18(8-10(9)11)13-6-2-5-12(17-13)14(16)19/h2,5-6,9-11H,1,3-4,7-8,15H2,(H2,16,19). The molecule has 0 aromatic carbocycles. The molecule has 3 rings (SSSR count). The Morgan fingerprint density at radius 1 is 1.32 bits per heavy atom. The van der Waals surface area contributed by atoms with E-state index in [-0.39, 0.29) is 0 Å². The van der Waals surface area contributed by atoms with Gasteiger partial charge in [0.15, 0.2) is 0 Å². The maximum absolute atomic E-state index is 11.2. The SMILES string of the molecule is NC(=O)c1cccc(N2CC3CCCC(N)C3C2)n1. The van der Waals surface area contributed by atoms with Crippen molar-refractivity contribution in [2.24, 2.45) is 23.3 Å². The van der Waals surface area contributed by atoms with Gasteiger partial charge in [0.1, 0.15) is 11.5 Å². The molecule has 0 spiro atoms. The Balaban J connectivity index is 1.80. The molecule has 102 valence electrons. The van der Waals surface area contributed by atoms with Crippen LogP contribution in [0.3, 0.4) is 0 Å². The fourth-order valence-corrected chi connectivity index (χ4v) is 3.44. The van der Waals surface area contributed by atoms with Crippen LogP contribution in [0, 0.1) is 11.8 Å². The van der Waals surface area contributed by atoms with Gasteiger partial charge < -0.3 is 16.4 Å². The van der Waals surface area contributed by atoms with Gasteiger partial charge in [-0.25, -0.2) is 4.98 Å². The number of aromatic nitrogens is 1. The van der Waals surface area contributed by atoms with E-state index in [1.165, 1.54) is 12.8 Å². The maximum atomic E-state index is 11.2. The third kappa shape index (κ3) is 2.30. The van der Waals surface area contributed by atoms with Crippen LogP contribution in [0.2, 0.25) is 0 Å². The zero-order valence-electron chi connectivity index (χ0n) is 11.0. The molecule has 0 bridgehead atoms. The molecule has 2 heterocycles. The molecule has 1 saturated carbocycles. The number of carbonyl (C=O) groups excluding carboxylic acids is 1. The molecule has 1 aliphatic carbocycles. The van der Waals surface area contributed by atoms with Crippen LogP contribution in [0.4, 0.5) is 5.82 Å². The van der Waals surface area contributed by atoms with Crippen molar-refractivity contribution in [3.8, 4) is 0 Å². The van der Waals surface area contributed by atoms with Crippen molar-refractivity contribution in [1.29, 1.82) is 0 Å². The fourth-order valence-electron chi connectivity index (χ4n) is 3.44. The largest absolute Gasteiger partial charge is 0.364 e. The van der Waals surface area contributed by atoms with Gasteiger partial charge in [0.05, 0.1) is 0 Å². The van der Waals surface area contributed by atoms with Gasteiger partial charge in [-0.1, -0.05) is 12.5 Å². The second kappa shape index (κ2) is 4.81. The van der Waals surface area contributed by atoms with E-state index in [0.29, 0.717) is 23.6 Å². The van der Waals surface area contributed by atoms with E-state index in [1.54, 1.807) is 6.07 Å². The highest BCUT2D eigenvalue weighted by Gasteiger charge is 2.39. The van der Waals surface area contributed by atoms with E-state index in [2.05, 4.69) is 9.88 Å². The summed E-state index contributed by atoms with van der Waals surface area (Å²) in [5, 5.41) is 0. The molecule has 19 heavy (non-hydrogen) atoms. The molecular weight excluding hydrogens is 240 g/mol. The Hall–Kier alpha value is -1.62. The minimum absolute atomic E-state index is 0.308. The van der Waals surface area contributed by atoms with Crippen molar-refractivity contribution in [3.05, 3.63) is 23.9 Å². The van der Waals surface area contributed by atoms with Crippen LogP contribution in [0.5, 0.6) is 0 Å². The highest BCUT2D eigenvalue weighted by Crippen LogP contribution is 2.36. The highest BCUT2D eigenvalue weighted by molar-refractivity contribution is 5.91. The number of hydrogen-bond acceptors (Lipinski definition) is 4. The monoisotopic (exact) mass is 260 g/mol. The van der Waals surface area contributed by atoms with Crippen LogP contribution in [-0.2, 0) is 0 Å². The number of fused-ring (bicyclic) bond motifs is 1. The summed E-state index contributed by atoms with van der Waals surface area (Å²) >= 11 is 0. The van der Waals surface area contributed by atoms with Gasteiger partial charge in [0.2, 0.25) is 0 Å². The molecule has 5 heteroatoms. The minimum Gasteiger partial charge on any atom is -0.364 e. The van der Waals surface area contributed by atoms with Crippen LogP contribution < -0.4 is 16.4 Å². The van der Waals surface area contributed by atoms with Crippen LogP contribution in [-0.4, -0.2) is 30.0 Å². The summed E-state index contributed by atoms with van der Waals surface area (Å²) in [6.45, 7) is 1.94. The summed E-state index contributed by atoms with van der Waals surface area (Å²) in [5.41, 5.74) is 11.8. The molecule has 1 aromatic rings. The van der Waals surface area contributed by atoms with Crippen molar-refractivity contribution in [2.75, 3.05) is 18.0 Å². The molecule has 2 aliphatic rings. The molecule has 0 radical (unpaired) electrons. The second-order valence-electron chi connectivity index (χ2n) is 5.67. The molecule has 1 saturated heterocycles. The molecular formula is C14H20N4O. The van der Waals surface area contributed by atoms with E-state index < -0.39 is 5.91 Å². The first-order chi connectivity index (χ1) is 9.15. The molecule has 4 N–H and O–H groups in total. The Bertz CT molecular complexity index is 490. The predicted molar refractivity (Wildman–Crippen MR) is 73.8 cm³/mol. The van der Waals surface area contributed by atoms with E-state index in [4.69, 9.17) is 11.5 Å². The number of nitrogens with two attached hydrogens (primary N) is 2. The smallest absolute Gasteiger partial charge is 0.267 e. The Kier molecular flexibility index (Phi) is 3.14. The molecule has 3 atom stereocenters. The Morgan fingerprint density at radius 3 is 2.89 bits per heavy atom. The number of primary amides is 1. The summed E-state index contributed by atoms with van der Waals surface area (Å²) in [6, 6.07) is 5.74. The summed E-state index contributed by atoms with van der Waals surface area (Å²) in [4.78, 5) is 17.8. The van der Waals surface area contributed by atoms with Crippen molar-refractivity contribution < 1.29 is 4.79 Å². The second-order valence-corrected chi connectivity index (χ2v) is 5.67. The quantitative estimate of drug-likeness (QED) is 0.821. The first-order valence-corrected chi connectivity index (χ1v) is 6.92. The number of amides is 1. The lowest BCUT2D eigenvalue weighted by molar-refractivity contribution is 0.0995. The van der Waals surface area contributed by atoms with Crippen LogP contribution in [0.1, 0.15) is 29.8 Å². The summed E-state index contributed by atoms with van der Waals surface area (Å²) in [6.07, 6.45) is 3.61. The van der Waals surface area contributed by atoms with Crippen LogP contribution in [0.25, 0.3) is 0 Å². The van der Waals surface area contributed by atoms with Crippen molar-refractivity contribution in [3.63, 3.8) is 0 Å². The van der Waals surface area contributed by atoms with E-state index in [1.807, 2.05) is 12.1 Å². The first kappa shape index (κ1) is 12.4. The van der Waals surface area contributed by atoms with Crippen molar-refractivity contribution in [1.82, 2.24) is 4.98 Å². The molecule has 5 nitrogen and oxygen atoms in total. The van der Waals surface area contributed by atoms with Crippen LogP contribution in [0.15, 0.2) is 18.2 Å². The summed E-state index contributed by atoms with van der Waals surface area (Å²) in [7, 11) is 0. The van der Waals surface area contributed by atoms with E-state index in [0.717, 1.165) is 25.3 Å². The fraction of sp³-hybridized carbons (Fsp3) is 0.571. The number of hydrogen-bond donors (Lipinski definition) is 2. The van der Waals surface area contributed by atoms with Gasteiger partial charge in [-0.15, -0.1) is 0 Å². The third-order valence-electron chi connectivity index (χ3n) is 4.46. The number of nitrogens with zero attached hydrogens (tertiary/aromatic N) is 2. The topological polar surface area (TPSA) is 85.2 Å². The van der Waals surface area contributed by atoms with Gasteiger partial charge in [-0.2, -0.15) is 0 Å². The van der Waals surface area contributed by atoms with E-state index in [9.17, 15) is 4.79 Å². The molecule has 2 fully saturated rings. The van der Waals surface area contributed by atoms with Crippen molar-refractivity contribution in [2.45, 2.75) is 25.3 Å². The Morgan fingerprint density at radius 2 is 2.16 bits per heavy atom. The highest BCUT2D eigenvalue weighted by atomic mass is 16.1. The number of rotatable bonds is 2. The van der Waals surface area contributed by atoms with Gasteiger partial charge in [0.25, 0.3) is 5.91 Å². The molecule has 1 aliphatic heterocycles. The predicted octanol–water partition coefficient (Wildman–Crippen LogP) is 0.744.